The minimum atomic E-state index is -0.512. The third-order valence-corrected chi connectivity index (χ3v) is 3.80. The number of rotatable bonds is 4. The Kier molecular flexibility index (Phi) is 5.58. The standard InChI is InChI=1S/C12H14BrIN2O2/c1-7(2)16(6-11(15)17)12(18)9-5-8(13)3-4-10(9)14/h3-5,7H,6H2,1-2H3,(H2,15,17). The van der Waals surface area contributed by atoms with Crippen molar-refractivity contribution in [2.45, 2.75) is 19.9 Å². The third kappa shape index (κ3) is 3.94. The lowest BCUT2D eigenvalue weighted by atomic mass is 10.1. The third-order valence-electron chi connectivity index (χ3n) is 2.37. The second-order valence-electron chi connectivity index (χ2n) is 4.12. The SMILES string of the molecule is CC(C)N(CC(N)=O)C(=O)c1cc(Br)ccc1I. The molecule has 1 aromatic carbocycles. The molecule has 0 saturated carbocycles. The zero-order valence-corrected chi connectivity index (χ0v) is 13.9. The molecule has 0 saturated heterocycles. The lowest BCUT2D eigenvalue weighted by molar-refractivity contribution is -0.119. The molecule has 0 aliphatic rings. The minimum absolute atomic E-state index is 0.0703. The Bertz CT molecular complexity index is 477. The van der Waals surface area contributed by atoms with Gasteiger partial charge in [0.2, 0.25) is 5.91 Å². The molecular weight excluding hydrogens is 411 g/mol. The van der Waals surface area contributed by atoms with Crippen molar-refractivity contribution in [1.82, 2.24) is 4.90 Å². The fourth-order valence-corrected chi connectivity index (χ4v) is 2.40. The highest BCUT2D eigenvalue weighted by molar-refractivity contribution is 14.1. The number of benzene rings is 1. The number of primary amides is 1. The Morgan fingerprint density at radius 1 is 1.44 bits per heavy atom. The molecule has 0 radical (unpaired) electrons. The van der Waals surface area contributed by atoms with E-state index < -0.39 is 5.91 Å². The van der Waals surface area contributed by atoms with Crippen LogP contribution in [0.2, 0.25) is 0 Å². The molecule has 4 nitrogen and oxygen atoms in total. The topological polar surface area (TPSA) is 63.4 Å². The number of carbonyl (C=O) groups is 2. The van der Waals surface area contributed by atoms with E-state index in [4.69, 9.17) is 5.73 Å². The summed E-state index contributed by atoms with van der Waals surface area (Å²) in [6, 6.07) is 5.38. The molecule has 0 aliphatic carbocycles. The van der Waals surface area contributed by atoms with Crippen LogP contribution < -0.4 is 5.73 Å². The van der Waals surface area contributed by atoms with Crippen molar-refractivity contribution in [2.24, 2.45) is 5.73 Å². The maximum Gasteiger partial charge on any atom is 0.255 e. The molecule has 0 atom stereocenters. The number of amides is 2. The molecule has 1 rings (SSSR count). The van der Waals surface area contributed by atoms with Crippen LogP contribution in [-0.4, -0.2) is 29.3 Å². The van der Waals surface area contributed by atoms with Gasteiger partial charge in [0.05, 0.1) is 12.1 Å². The fourth-order valence-electron chi connectivity index (χ4n) is 1.47. The normalized spacial score (nSPS) is 10.5. The lowest BCUT2D eigenvalue weighted by Gasteiger charge is -2.25. The van der Waals surface area contributed by atoms with Crippen molar-refractivity contribution < 1.29 is 9.59 Å². The maximum atomic E-state index is 12.4. The highest BCUT2D eigenvalue weighted by Gasteiger charge is 2.22. The molecule has 0 spiro atoms. The first-order chi connectivity index (χ1) is 8.32. The molecule has 0 bridgehead atoms. The summed E-state index contributed by atoms with van der Waals surface area (Å²) in [5.41, 5.74) is 5.74. The van der Waals surface area contributed by atoms with Crippen molar-refractivity contribution in [3.05, 3.63) is 31.8 Å². The van der Waals surface area contributed by atoms with Crippen LogP contribution in [0.1, 0.15) is 24.2 Å². The van der Waals surface area contributed by atoms with Crippen LogP contribution in [0, 0.1) is 3.57 Å². The van der Waals surface area contributed by atoms with Gasteiger partial charge in [-0.2, -0.15) is 0 Å². The predicted molar refractivity (Wildman–Crippen MR) is 82.2 cm³/mol. The second-order valence-corrected chi connectivity index (χ2v) is 6.20. The smallest absolute Gasteiger partial charge is 0.255 e. The molecule has 18 heavy (non-hydrogen) atoms. The average Bonchev–Trinajstić information content (AvgIpc) is 2.27. The first-order valence-electron chi connectivity index (χ1n) is 5.37. The number of nitrogens with zero attached hydrogens (tertiary/aromatic N) is 1. The Labute approximate surface area is 128 Å². The van der Waals surface area contributed by atoms with Gasteiger partial charge in [-0.15, -0.1) is 0 Å². The Morgan fingerprint density at radius 2 is 2.06 bits per heavy atom. The summed E-state index contributed by atoms with van der Waals surface area (Å²) in [6.45, 7) is 3.64. The van der Waals surface area contributed by atoms with E-state index in [1.165, 1.54) is 4.90 Å². The number of nitrogens with two attached hydrogens (primary N) is 1. The molecule has 0 aliphatic heterocycles. The van der Waals surface area contributed by atoms with E-state index in [-0.39, 0.29) is 18.5 Å². The van der Waals surface area contributed by atoms with Gasteiger partial charge in [0.15, 0.2) is 0 Å². The molecule has 2 N–H and O–H groups in total. The molecule has 98 valence electrons. The van der Waals surface area contributed by atoms with Crippen molar-refractivity contribution in [1.29, 1.82) is 0 Å². The average molecular weight is 425 g/mol. The number of halogens is 2. The van der Waals surface area contributed by atoms with Gasteiger partial charge in [0.1, 0.15) is 0 Å². The molecule has 1 aromatic rings. The maximum absolute atomic E-state index is 12.4. The highest BCUT2D eigenvalue weighted by Crippen LogP contribution is 2.20. The van der Waals surface area contributed by atoms with Crippen molar-refractivity contribution in [3.63, 3.8) is 0 Å². The molecule has 0 aromatic heterocycles. The summed E-state index contributed by atoms with van der Waals surface area (Å²) >= 11 is 5.43. The molecule has 0 unspecified atom stereocenters. The van der Waals surface area contributed by atoms with Gasteiger partial charge in [0.25, 0.3) is 5.91 Å². The Hall–Kier alpha value is -0.630. The summed E-state index contributed by atoms with van der Waals surface area (Å²) in [6.07, 6.45) is 0. The monoisotopic (exact) mass is 424 g/mol. The number of hydrogen-bond donors (Lipinski definition) is 1. The molecule has 0 heterocycles. The summed E-state index contributed by atoms with van der Waals surface area (Å²) in [5.74, 6) is -0.698. The summed E-state index contributed by atoms with van der Waals surface area (Å²) in [4.78, 5) is 24.9. The van der Waals surface area contributed by atoms with Gasteiger partial charge in [-0.1, -0.05) is 15.9 Å². The largest absolute Gasteiger partial charge is 0.368 e. The summed E-state index contributed by atoms with van der Waals surface area (Å²) in [5, 5.41) is 0. The summed E-state index contributed by atoms with van der Waals surface area (Å²) < 4.78 is 1.67. The number of carbonyl (C=O) groups excluding carboxylic acids is 2. The van der Waals surface area contributed by atoms with E-state index >= 15 is 0 Å². The van der Waals surface area contributed by atoms with E-state index in [1.54, 1.807) is 6.07 Å². The second kappa shape index (κ2) is 6.51. The Balaban J connectivity index is 3.09. The van der Waals surface area contributed by atoms with Gasteiger partial charge in [0, 0.05) is 14.1 Å². The lowest BCUT2D eigenvalue weighted by Crippen LogP contribution is -2.43. The van der Waals surface area contributed by atoms with E-state index in [0.29, 0.717) is 5.56 Å². The van der Waals surface area contributed by atoms with Gasteiger partial charge in [-0.25, -0.2) is 0 Å². The predicted octanol–water partition coefficient (Wildman–Crippen LogP) is 2.39. The fraction of sp³-hybridized carbons (Fsp3) is 0.333. The number of hydrogen-bond acceptors (Lipinski definition) is 2. The van der Waals surface area contributed by atoms with Gasteiger partial charge in [-0.3, -0.25) is 9.59 Å². The van der Waals surface area contributed by atoms with Crippen LogP contribution in [0.3, 0.4) is 0 Å². The van der Waals surface area contributed by atoms with Crippen molar-refractivity contribution in [3.8, 4) is 0 Å². The first-order valence-corrected chi connectivity index (χ1v) is 7.24. The Morgan fingerprint density at radius 3 is 2.56 bits per heavy atom. The zero-order valence-electron chi connectivity index (χ0n) is 10.1. The van der Waals surface area contributed by atoms with Crippen molar-refractivity contribution in [2.75, 3.05) is 6.54 Å². The van der Waals surface area contributed by atoms with E-state index in [0.717, 1.165) is 8.04 Å². The van der Waals surface area contributed by atoms with Gasteiger partial charge in [-0.05, 0) is 54.6 Å². The van der Waals surface area contributed by atoms with E-state index in [2.05, 4.69) is 38.5 Å². The van der Waals surface area contributed by atoms with Crippen LogP contribution in [0.15, 0.2) is 22.7 Å². The van der Waals surface area contributed by atoms with Crippen LogP contribution in [-0.2, 0) is 4.79 Å². The van der Waals surface area contributed by atoms with Gasteiger partial charge >= 0.3 is 0 Å². The van der Waals surface area contributed by atoms with Crippen LogP contribution in [0.5, 0.6) is 0 Å². The van der Waals surface area contributed by atoms with Crippen molar-refractivity contribution >= 4 is 50.3 Å². The van der Waals surface area contributed by atoms with Gasteiger partial charge < -0.3 is 10.6 Å². The van der Waals surface area contributed by atoms with Crippen LogP contribution in [0.25, 0.3) is 0 Å². The quantitative estimate of drug-likeness (QED) is 0.754. The molecule has 2 amide bonds. The molecule has 0 fully saturated rings. The molecular formula is C12H14BrIN2O2. The minimum Gasteiger partial charge on any atom is -0.368 e. The summed E-state index contributed by atoms with van der Waals surface area (Å²) in [7, 11) is 0. The first kappa shape index (κ1) is 15.4. The van der Waals surface area contributed by atoms with E-state index in [1.807, 2.05) is 26.0 Å². The van der Waals surface area contributed by atoms with E-state index in [9.17, 15) is 9.59 Å². The zero-order chi connectivity index (χ0) is 13.9. The highest BCUT2D eigenvalue weighted by atomic mass is 127. The van der Waals surface area contributed by atoms with Crippen LogP contribution in [0.4, 0.5) is 0 Å². The molecule has 6 heteroatoms. The van der Waals surface area contributed by atoms with Crippen LogP contribution >= 0.6 is 38.5 Å².